The van der Waals surface area contributed by atoms with Crippen LogP contribution >= 0.6 is 11.6 Å². The van der Waals surface area contributed by atoms with Crippen LogP contribution < -0.4 is 10.6 Å². The lowest BCUT2D eigenvalue weighted by Gasteiger charge is -2.36. The second-order valence-electron chi connectivity index (χ2n) is 13.0. The maximum atomic E-state index is 14.2. The number of halogens is 2. The lowest BCUT2D eigenvalue weighted by molar-refractivity contribution is -0.00285. The molecule has 1 amide bonds. The van der Waals surface area contributed by atoms with Gasteiger partial charge in [0.25, 0.3) is 5.91 Å². The number of nitriles is 1. The van der Waals surface area contributed by atoms with Crippen molar-refractivity contribution in [1.82, 2.24) is 25.5 Å². The summed E-state index contributed by atoms with van der Waals surface area (Å²) in [5, 5.41) is 25.2. The lowest BCUT2D eigenvalue weighted by Crippen LogP contribution is -2.52. The Morgan fingerprint density at radius 3 is 2.78 bits per heavy atom. The van der Waals surface area contributed by atoms with Crippen LogP contribution in [0.5, 0.6) is 0 Å². The van der Waals surface area contributed by atoms with E-state index in [9.17, 15) is 19.6 Å². The summed E-state index contributed by atoms with van der Waals surface area (Å²) in [6, 6.07) is 15.2. The van der Waals surface area contributed by atoms with Crippen LogP contribution in [0.15, 0.2) is 71.3 Å². The molecule has 1 saturated carbocycles. The average Bonchev–Trinajstić information content (AvgIpc) is 3.61. The van der Waals surface area contributed by atoms with E-state index in [1.165, 1.54) is 0 Å². The molecule has 4 aromatic rings. The Bertz CT molecular complexity index is 2020. The summed E-state index contributed by atoms with van der Waals surface area (Å²) >= 11 is 7.41. The Morgan fingerprint density at radius 1 is 1.27 bits per heavy atom. The summed E-state index contributed by atoms with van der Waals surface area (Å²) in [5.41, 5.74) is 4.73. The first kappa shape index (κ1) is 33.1. The molecule has 252 valence electrons. The van der Waals surface area contributed by atoms with Crippen molar-refractivity contribution in [2.45, 2.75) is 62.3 Å². The number of pyridine rings is 1. The number of aliphatic hydroxyl groups excluding tert-OH is 1. The molecule has 49 heavy (non-hydrogen) atoms. The number of hydrogen-bond donors (Lipinski definition) is 3. The number of likely N-dealkylation sites (tertiary alicyclic amines) is 1. The van der Waals surface area contributed by atoms with Crippen LogP contribution in [-0.2, 0) is 30.0 Å². The highest BCUT2D eigenvalue weighted by molar-refractivity contribution is 6.28. The summed E-state index contributed by atoms with van der Waals surface area (Å²) in [4.78, 5) is 25.6. The maximum absolute atomic E-state index is 14.2. The molecular weight excluding hydrogens is 647 g/mol. The molecule has 2 unspecified atom stereocenters. The monoisotopic (exact) mass is 682 g/mol. The van der Waals surface area contributed by atoms with Crippen molar-refractivity contribution in [1.29, 1.82) is 5.26 Å². The SMILES string of the molecule is COCc1cc(C(=O)NC2(c3nc4cc(CN5CC(O)C5)cc(C#N)c4o3)C=CC=C(c3ccccc3C)C2Cl)ncc1CN[C@@H]1C[C@@H]1F. The molecule has 2 aromatic heterocycles. The lowest BCUT2D eigenvalue weighted by atomic mass is 9.81. The highest BCUT2D eigenvalue weighted by atomic mass is 35.5. The van der Waals surface area contributed by atoms with Crippen molar-refractivity contribution in [3.8, 4) is 6.07 Å². The van der Waals surface area contributed by atoms with E-state index in [1.54, 1.807) is 31.5 Å². The number of amides is 1. The minimum atomic E-state index is -1.48. The number of rotatable bonds is 11. The number of aromatic nitrogens is 2. The quantitative estimate of drug-likeness (QED) is 0.190. The third-order valence-corrected chi connectivity index (χ3v) is 9.91. The molecule has 10 nitrogen and oxygen atoms in total. The van der Waals surface area contributed by atoms with Gasteiger partial charge in [0.15, 0.2) is 11.1 Å². The number of fused-ring (bicyclic) bond motifs is 1. The average molecular weight is 683 g/mol. The predicted octanol–water partition coefficient (Wildman–Crippen LogP) is 4.81. The fraction of sp³-hybridized carbons (Fsp3) is 0.351. The van der Waals surface area contributed by atoms with Gasteiger partial charge >= 0.3 is 0 Å². The standard InChI is InChI=1S/C37H36ClFN6O4/c1-21-6-3-4-7-27(21)28-8-5-9-37(34(28)38,36-43-31-11-22(17-45-18-26(46)19-45)10-23(14-40)33(31)49-36)44-35(47)32-12-24(20-48-2)25(16-42-32)15-41-30-13-29(30)39/h3-12,16,26,29-30,34,41,46H,13,15,17-20H2,1-2H3,(H,44,47)/t29-,30+,34?,37?/m0/s1. The van der Waals surface area contributed by atoms with Gasteiger partial charge in [-0.15, -0.1) is 11.6 Å². The van der Waals surface area contributed by atoms with Crippen LogP contribution in [0.3, 0.4) is 0 Å². The summed E-state index contributed by atoms with van der Waals surface area (Å²) in [6.07, 6.45) is 6.36. The van der Waals surface area contributed by atoms with Crippen molar-refractivity contribution >= 4 is 34.2 Å². The van der Waals surface area contributed by atoms with Gasteiger partial charge in [-0.3, -0.25) is 14.7 Å². The highest BCUT2D eigenvalue weighted by Gasteiger charge is 2.47. The van der Waals surface area contributed by atoms with Gasteiger partial charge in [-0.25, -0.2) is 9.37 Å². The van der Waals surface area contributed by atoms with Gasteiger partial charge in [-0.1, -0.05) is 36.4 Å². The zero-order valence-electron chi connectivity index (χ0n) is 27.1. The van der Waals surface area contributed by atoms with Gasteiger partial charge in [-0.05, 0) is 71.0 Å². The van der Waals surface area contributed by atoms with E-state index in [-0.39, 0.29) is 35.9 Å². The number of benzene rings is 2. The summed E-state index contributed by atoms with van der Waals surface area (Å²) in [6.45, 7) is 4.27. The molecule has 0 bridgehead atoms. The number of methoxy groups -OCH3 is 1. The summed E-state index contributed by atoms with van der Waals surface area (Å²) in [7, 11) is 1.57. The molecule has 2 fully saturated rings. The number of ether oxygens (including phenoxy) is 1. The highest BCUT2D eigenvalue weighted by Crippen LogP contribution is 2.43. The molecule has 3 aliphatic rings. The van der Waals surface area contributed by atoms with Crippen LogP contribution in [0.2, 0.25) is 0 Å². The van der Waals surface area contributed by atoms with E-state index < -0.39 is 23.0 Å². The fourth-order valence-corrected chi connectivity index (χ4v) is 6.93. The molecule has 1 aliphatic heterocycles. The maximum Gasteiger partial charge on any atom is 0.271 e. The molecule has 2 aromatic carbocycles. The molecule has 12 heteroatoms. The summed E-state index contributed by atoms with van der Waals surface area (Å²) in [5.74, 6) is -0.411. The van der Waals surface area contributed by atoms with E-state index in [2.05, 4.69) is 26.6 Å². The van der Waals surface area contributed by atoms with Crippen molar-refractivity contribution in [2.75, 3.05) is 20.2 Å². The van der Waals surface area contributed by atoms with Crippen molar-refractivity contribution in [3.05, 3.63) is 112 Å². The van der Waals surface area contributed by atoms with Gasteiger partial charge in [0.1, 0.15) is 23.5 Å². The van der Waals surface area contributed by atoms with Crippen molar-refractivity contribution in [3.63, 3.8) is 0 Å². The largest absolute Gasteiger partial charge is 0.436 e. The van der Waals surface area contributed by atoms with E-state index in [0.29, 0.717) is 43.7 Å². The number of nitrogens with one attached hydrogen (secondary N) is 2. The molecular formula is C37H36ClFN6O4. The molecule has 2 aliphatic carbocycles. The van der Waals surface area contributed by atoms with Crippen LogP contribution in [0.1, 0.15) is 56.2 Å². The summed E-state index contributed by atoms with van der Waals surface area (Å²) < 4.78 is 25.3. The van der Waals surface area contributed by atoms with E-state index in [4.69, 9.17) is 25.7 Å². The number of β-amino-alcohol motifs (C(OH)–C–C–N with tert-alkyl or cyclic N) is 1. The van der Waals surface area contributed by atoms with Crippen molar-refractivity contribution < 1.29 is 23.4 Å². The number of carbonyl (C=O) groups excluding carboxylic acids is 1. The van der Waals surface area contributed by atoms with E-state index in [0.717, 1.165) is 33.4 Å². The minimum absolute atomic E-state index is 0.113. The number of hydrogen-bond acceptors (Lipinski definition) is 9. The Kier molecular flexibility index (Phi) is 9.09. The Labute approximate surface area is 288 Å². The topological polar surface area (TPSA) is 137 Å². The molecule has 3 N–H and O–H groups in total. The number of aliphatic hydroxyl groups is 1. The minimum Gasteiger partial charge on any atom is -0.436 e. The third kappa shape index (κ3) is 6.50. The Morgan fingerprint density at radius 2 is 2.06 bits per heavy atom. The molecule has 0 spiro atoms. The van der Waals surface area contributed by atoms with Crippen LogP contribution in [0.4, 0.5) is 4.39 Å². The zero-order valence-corrected chi connectivity index (χ0v) is 27.9. The number of alkyl halides is 2. The van der Waals surface area contributed by atoms with Gasteiger partial charge < -0.3 is 24.9 Å². The Balaban J connectivity index is 1.27. The smallest absolute Gasteiger partial charge is 0.271 e. The normalized spacial score (nSPS) is 23.6. The second-order valence-corrected chi connectivity index (χ2v) is 13.4. The van der Waals surface area contributed by atoms with Crippen LogP contribution in [-0.4, -0.2) is 69.8 Å². The first-order valence-corrected chi connectivity index (χ1v) is 16.6. The number of allylic oxidation sites excluding steroid dienone is 2. The van der Waals surface area contributed by atoms with Gasteiger partial charge in [0.05, 0.1) is 23.7 Å². The fourth-order valence-electron chi connectivity index (χ4n) is 6.52. The molecule has 1 saturated heterocycles. The van der Waals surface area contributed by atoms with Crippen LogP contribution in [0.25, 0.3) is 16.7 Å². The van der Waals surface area contributed by atoms with E-state index >= 15 is 0 Å². The first-order valence-electron chi connectivity index (χ1n) is 16.2. The van der Waals surface area contributed by atoms with Crippen LogP contribution in [0, 0.1) is 18.3 Å². The number of aryl methyl sites for hydroxylation is 1. The molecule has 3 heterocycles. The Hall–Kier alpha value is -4.44. The number of nitrogens with zero attached hydrogens (tertiary/aromatic N) is 4. The predicted molar refractivity (Wildman–Crippen MR) is 182 cm³/mol. The van der Waals surface area contributed by atoms with Gasteiger partial charge in [0.2, 0.25) is 5.89 Å². The molecule has 0 radical (unpaired) electrons. The van der Waals surface area contributed by atoms with E-state index in [1.807, 2.05) is 49.4 Å². The third-order valence-electron chi connectivity index (χ3n) is 9.34. The van der Waals surface area contributed by atoms with Crippen molar-refractivity contribution in [2.24, 2.45) is 0 Å². The second kappa shape index (κ2) is 13.5. The number of oxazole rings is 1. The van der Waals surface area contributed by atoms with Gasteiger partial charge in [-0.2, -0.15) is 5.26 Å². The first-order chi connectivity index (χ1) is 23.7. The number of carbonyl (C=O) groups is 1. The molecule has 4 atom stereocenters. The van der Waals surface area contributed by atoms with Gasteiger partial charge in [0, 0.05) is 45.5 Å². The zero-order chi connectivity index (χ0) is 34.3. The molecule has 7 rings (SSSR count).